The standard InChI is InChI=1S/C14H17ClN4/c1-9(2)11-5-3-10(4-6-11)7-17-13-12(16)8-18-14(15)19-13/h3-6,8-9H,7,16H2,1-2H3,(H,17,18,19). The molecule has 5 heteroatoms. The van der Waals surface area contributed by atoms with Crippen LogP contribution in [0, 0.1) is 0 Å². The molecule has 0 atom stereocenters. The number of hydrogen-bond acceptors (Lipinski definition) is 4. The molecule has 0 saturated heterocycles. The Labute approximate surface area is 118 Å². The molecular formula is C14H17ClN4. The van der Waals surface area contributed by atoms with Crippen molar-refractivity contribution in [2.24, 2.45) is 0 Å². The van der Waals surface area contributed by atoms with Gasteiger partial charge in [-0.3, -0.25) is 0 Å². The molecule has 3 N–H and O–H groups in total. The third kappa shape index (κ3) is 3.58. The maximum atomic E-state index is 5.77. The van der Waals surface area contributed by atoms with E-state index >= 15 is 0 Å². The molecule has 0 unspecified atom stereocenters. The Morgan fingerprint density at radius 2 is 1.95 bits per heavy atom. The summed E-state index contributed by atoms with van der Waals surface area (Å²) >= 11 is 5.74. The number of rotatable bonds is 4. The molecule has 1 heterocycles. The van der Waals surface area contributed by atoms with Crippen LogP contribution < -0.4 is 11.1 Å². The van der Waals surface area contributed by atoms with Gasteiger partial charge in [0.1, 0.15) is 0 Å². The minimum atomic E-state index is 0.187. The van der Waals surface area contributed by atoms with Crippen molar-refractivity contribution >= 4 is 23.1 Å². The van der Waals surface area contributed by atoms with Gasteiger partial charge in [0.05, 0.1) is 11.9 Å². The first kappa shape index (κ1) is 13.6. The first-order chi connectivity index (χ1) is 9.06. The van der Waals surface area contributed by atoms with E-state index in [1.54, 1.807) is 0 Å². The number of benzene rings is 1. The van der Waals surface area contributed by atoms with Crippen LogP contribution in [0.25, 0.3) is 0 Å². The lowest BCUT2D eigenvalue weighted by atomic mass is 10.0. The van der Waals surface area contributed by atoms with Crippen LogP contribution in [0.2, 0.25) is 5.28 Å². The van der Waals surface area contributed by atoms with E-state index in [1.165, 1.54) is 17.3 Å². The van der Waals surface area contributed by atoms with Crippen LogP contribution in [0.15, 0.2) is 30.5 Å². The van der Waals surface area contributed by atoms with Gasteiger partial charge in [-0.2, -0.15) is 4.98 Å². The highest BCUT2D eigenvalue weighted by molar-refractivity contribution is 6.28. The minimum absolute atomic E-state index is 0.187. The summed E-state index contributed by atoms with van der Waals surface area (Å²) in [5, 5.41) is 3.35. The van der Waals surface area contributed by atoms with Crippen molar-refractivity contribution in [3.63, 3.8) is 0 Å². The van der Waals surface area contributed by atoms with Crippen LogP contribution in [0.3, 0.4) is 0 Å². The normalized spacial score (nSPS) is 10.7. The second kappa shape index (κ2) is 5.89. The second-order valence-electron chi connectivity index (χ2n) is 4.69. The third-order valence-corrected chi connectivity index (χ3v) is 3.08. The Bertz CT molecular complexity index is 552. The monoisotopic (exact) mass is 276 g/mol. The van der Waals surface area contributed by atoms with Crippen molar-refractivity contribution in [1.82, 2.24) is 9.97 Å². The van der Waals surface area contributed by atoms with Crippen molar-refractivity contribution in [1.29, 1.82) is 0 Å². The summed E-state index contributed by atoms with van der Waals surface area (Å²) in [5.74, 6) is 1.10. The number of anilines is 2. The summed E-state index contributed by atoms with van der Waals surface area (Å²) < 4.78 is 0. The highest BCUT2D eigenvalue weighted by atomic mass is 35.5. The lowest BCUT2D eigenvalue weighted by Crippen LogP contribution is -2.05. The topological polar surface area (TPSA) is 63.8 Å². The number of nitrogen functional groups attached to an aromatic ring is 1. The highest BCUT2D eigenvalue weighted by Crippen LogP contribution is 2.18. The average molecular weight is 277 g/mol. The van der Waals surface area contributed by atoms with Crippen LogP contribution in [-0.4, -0.2) is 9.97 Å². The lowest BCUT2D eigenvalue weighted by molar-refractivity contribution is 0.865. The van der Waals surface area contributed by atoms with Gasteiger partial charge >= 0.3 is 0 Å². The van der Waals surface area contributed by atoms with Crippen molar-refractivity contribution < 1.29 is 0 Å². The van der Waals surface area contributed by atoms with Crippen LogP contribution >= 0.6 is 11.6 Å². The molecule has 0 fully saturated rings. The van der Waals surface area contributed by atoms with E-state index in [2.05, 4.69) is 53.4 Å². The number of halogens is 1. The zero-order chi connectivity index (χ0) is 13.8. The van der Waals surface area contributed by atoms with E-state index in [9.17, 15) is 0 Å². The molecule has 2 aromatic rings. The first-order valence-electron chi connectivity index (χ1n) is 6.17. The van der Waals surface area contributed by atoms with Crippen LogP contribution in [0.4, 0.5) is 11.5 Å². The van der Waals surface area contributed by atoms with Gasteiger partial charge in [0.25, 0.3) is 0 Å². The molecule has 0 bridgehead atoms. The molecule has 0 aliphatic heterocycles. The van der Waals surface area contributed by atoms with Crippen LogP contribution in [0.5, 0.6) is 0 Å². The third-order valence-electron chi connectivity index (χ3n) is 2.89. The van der Waals surface area contributed by atoms with Gasteiger partial charge in [0.15, 0.2) is 5.82 Å². The number of nitrogens with two attached hydrogens (primary N) is 1. The quantitative estimate of drug-likeness (QED) is 0.840. The fraction of sp³-hybridized carbons (Fsp3) is 0.286. The van der Waals surface area contributed by atoms with Crippen molar-refractivity contribution in [2.75, 3.05) is 11.1 Å². The molecular weight excluding hydrogens is 260 g/mol. The van der Waals surface area contributed by atoms with Gasteiger partial charge in [-0.1, -0.05) is 38.1 Å². The summed E-state index contributed by atoms with van der Waals surface area (Å²) in [7, 11) is 0. The van der Waals surface area contributed by atoms with E-state index in [0.717, 1.165) is 0 Å². The van der Waals surface area contributed by atoms with E-state index in [-0.39, 0.29) is 5.28 Å². The van der Waals surface area contributed by atoms with Crippen LogP contribution in [0.1, 0.15) is 30.9 Å². The van der Waals surface area contributed by atoms with Gasteiger partial charge in [-0.15, -0.1) is 0 Å². The number of nitrogens with zero attached hydrogens (tertiary/aromatic N) is 2. The molecule has 1 aromatic heterocycles. The fourth-order valence-corrected chi connectivity index (χ4v) is 1.85. The maximum Gasteiger partial charge on any atom is 0.224 e. The first-order valence-corrected chi connectivity index (χ1v) is 6.55. The maximum absolute atomic E-state index is 5.77. The fourth-order valence-electron chi connectivity index (χ4n) is 1.72. The predicted octanol–water partition coefficient (Wildman–Crippen LogP) is 3.45. The number of hydrogen-bond donors (Lipinski definition) is 2. The Morgan fingerprint density at radius 1 is 1.26 bits per heavy atom. The summed E-state index contributed by atoms with van der Waals surface area (Å²) in [6.07, 6.45) is 1.50. The van der Waals surface area contributed by atoms with Crippen molar-refractivity contribution in [3.8, 4) is 0 Å². The van der Waals surface area contributed by atoms with Gasteiger partial charge in [0, 0.05) is 6.54 Å². The van der Waals surface area contributed by atoms with E-state index in [4.69, 9.17) is 17.3 Å². The number of aromatic nitrogens is 2. The Morgan fingerprint density at radius 3 is 2.58 bits per heavy atom. The molecule has 0 aliphatic rings. The summed E-state index contributed by atoms with van der Waals surface area (Å²) in [5.41, 5.74) is 8.75. The second-order valence-corrected chi connectivity index (χ2v) is 5.03. The largest absolute Gasteiger partial charge is 0.394 e. The molecule has 0 radical (unpaired) electrons. The summed E-state index contributed by atoms with van der Waals surface area (Å²) in [6.45, 7) is 5.00. The predicted molar refractivity (Wildman–Crippen MR) is 79.3 cm³/mol. The molecule has 0 spiro atoms. The van der Waals surface area contributed by atoms with Gasteiger partial charge in [0.2, 0.25) is 5.28 Å². The highest BCUT2D eigenvalue weighted by Gasteiger charge is 2.03. The van der Waals surface area contributed by atoms with E-state index < -0.39 is 0 Å². The molecule has 100 valence electrons. The SMILES string of the molecule is CC(C)c1ccc(CNc2nc(Cl)ncc2N)cc1. The molecule has 1 aromatic carbocycles. The molecule has 2 rings (SSSR count). The lowest BCUT2D eigenvalue weighted by Gasteiger charge is -2.10. The Balaban J connectivity index is 2.04. The molecule has 4 nitrogen and oxygen atoms in total. The summed E-state index contributed by atoms with van der Waals surface area (Å²) in [6, 6.07) is 8.47. The molecule has 19 heavy (non-hydrogen) atoms. The summed E-state index contributed by atoms with van der Waals surface area (Å²) in [4.78, 5) is 7.87. The molecule has 0 amide bonds. The zero-order valence-corrected chi connectivity index (χ0v) is 11.8. The minimum Gasteiger partial charge on any atom is -0.394 e. The molecule has 0 aliphatic carbocycles. The van der Waals surface area contributed by atoms with Gasteiger partial charge in [-0.25, -0.2) is 4.98 Å². The zero-order valence-electron chi connectivity index (χ0n) is 11.0. The Hall–Kier alpha value is -1.81. The average Bonchev–Trinajstić information content (AvgIpc) is 2.40. The number of nitrogens with one attached hydrogen (secondary N) is 1. The van der Waals surface area contributed by atoms with Crippen molar-refractivity contribution in [3.05, 3.63) is 46.9 Å². The molecule has 0 saturated carbocycles. The Kier molecular flexibility index (Phi) is 4.22. The van der Waals surface area contributed by atoms with Gasteiger partial charge < -0.3 is 11.1 Å². The van der Waals surface area contributed by atoms with Crippen LogP contribution in [-0.2, 0) is 6.54 Å². The smallest absolute Gasteiger partial charge is 0.224 e. The van der Waals surface area contributed by atoms with E-state index in [0.29, 0.717) is 24.0 Å². The van der Waals surface area contributed by atoms with Crippen molar-refractivity contribution in [2.45, 2.75) is 26.3 Å². The van der Waals surface area contributed by atoms with Gasteiger partial charge in [-0.05, 0) is 28.6 Å². The van der Waals surface area contributed by atoms with E-state index in [1.807, 2.05) is 0 Å².